The van der Waals surface area contributed by atoms with E-state index < -0.39 is 16.2 Å². The number of likely N-dealkylation sites (tertiary alicyclic amines) is 1. The van der Waals surface area contributed by atoms with E-state index in [1.165, 1.54) is 13.4 Å². The fourth-order valence-electron chi connectivity index (χ4n) is 3.72. The van der Waals surface area contributed by atoms with Crippen molar-refractivity contribution in [1.29, 1.82) is 0 Å². The predicted octanol–water partition coefficient (Wildman–Crippen LogP) is 3.96. The fraction of sp³-hybridized carbons (Fsp3) is 0.389. The molecule has 1 unspecified atom stereocenters. The highest BCUT2D eigenvalue weighted by atomic mass is 35.5. The van der Waals surface area contributed by atoms with Crippen LogP contribution in [0.5, 0.6) is 5.75 Å². The number of halogens is 3. The minimum absolute atomic E-state index is 0.0902. The monoisotopic (exact) mass is 394 g/mol. The number of nitrogens with zero attached hydrogens (tertiary/aromatic N) is 5. The highest BCUT2D eigenvalue weighted by molar-refractivity contribution is 6.69. The number of benzene rings is 1. The number of fused-ring (bicyclic) bond motifs is 1. The Morgan fingerprint density at radius 2 is 1.78 bits per heavy atom. The molecule has 1 saturated heterocycles. The van der Waals surface area contributed by atoms with Crippen molar-refractivity contribution >= 4 is 34.8 Å². The largest absolute Gasteiger partial charge is 0.497 e. The van der Waals surface area contributed by atoms with Gasteiger partial charge in [-0.1, -0.05) is 24.4 Å². The van der Waals surface area contributed by atoms with Gasteiger partial charge in [0.15, 0.2) is 18.0 Å². The first-order chi connectivity index (χ1) is 13.1. The Hall–Kier alpha value is -2.32. The number of hydrogen-bond acceptors (Lipinski definition) is 5. The van der Waals surface area contributed by atoms with Crippen LogP contribution < -0.4 is 9.33 Å². The zero-order chi connectivity index (χ0) is 19.0. The molecule has 6 nitrogen and oxygen atoms in total. The van der Waals surface area contributed by atoms with Crippen LogP contribution >= 0.6 is 11.6 Å². The molecule has 27 heavy (non-hydrogen) atoms. The summed E-state index contributed by atoms with van der Waals surface area (Å²) in [4.78, 5) is 10.4. The lowest BCUT2D eigenvalue weighted by atomic mass is 10.2. The molecule has 142 valence electrons. The second-order valence-electron chi connectivity index (χ2n) is 6.57. The number of methoxy groups -OCH3 is 1. The van der Waals surface area contributed by atoms with E-state index in [1.807, 2.05) is 0 Å². The number of hydrogen-bond donors (Lipinski definition) is 0. The van der Waals surface area contributed by atoms with E-state index in [9.17, 15) is 0 Å². The third kappa shape index (κ3) is 2.93. The summed E-state index contributed by atoms with van der Waals surface area (Å²) >= 11 is 6.21. The van der Waals surface area contributed by atoms with Crippen molar-refractivity contribution < 1.29 is 13.5 Å². The maximum Gasteiger partial charge on any atom is 0.371 e. The van der Waals surface area contributed by atoms with Crippen molar-refractivity contribution in [2.75, 3.05) is 20.2 Å². The van der Waals surface area contributed by atoms with E-state index in [2.05, 4.69) is 20.0 Å². The average molecular weight is 395 g/mol. The van der Waals surface area contributed by atoms with Gasteiger partial charge in [0.1, 0.15) is 10.9 Å². The Balaban J connectivity index is 1.91. The lowest BCUT2D eigenvalue weighted by Gasteiger charge is -2.36. The standard InChI is InChI=1S/C18H19ClF2N5O/c1-27-12-8-13(20)17(14(21)9-12)26-16(25-6-4-2-3-5-7-25)10-15(19)24-18(26)22-11-23-26/h8-11H,2-7H2,1H3/q+1. The summed E-state index contributed by atoms with van der Waals surface area (Å²) in [5.74, 6) is -0.815. The van der Waals surface area contributed by atoms with Gasteiger partial charge in [0, 0.05) is 25.2 Å². The van der Waals surface area contributed by atoms with Crippen LogP contribution in [0, 0.1) is 11.6 Å². The molecule has 9 heteroatoms. The Kier molecular flexibility index (Phi) is 4.69. The van der Waals surface area contributed by atoms with Crippen molar-refractivity contribution in [1.82, 2.24) is 9.49 Å². The van der Waals surface area contributed by atoms with Gasteiger partial charge >= 0.3 is 5.96 Å². The molecule has 0 amide bonds. The number of aliphatic imine (C=N–C) groups is 2. The molecule has 3 heterocycles. The number of quaternary nitrogens is 1. The van der Waals surface area contributed by atoms with Crippen molar-refractivity contribution in [3.05, 3.63) is 35.7 Å². The molecule has 1 fully saturated rings. The molecule has 4 rings (SSSR count). The van der Waals surface area contributed by atoms with Gasteiger partial charge in [-0.05, 0) is 22.5 Å². The lowest BCUT2D eigenvalue weighted by molar-refractivity contribution is 0.270. The first-order valence-corrected chi connectivity index (χ1v) is 9.20. The SMILES string of the molecule is COc1cc(F)c([N+]23N=CN=C2N=C(Cl)C=C3N2CCCCCC2)c(F)c1. The Bertz CT molecular complexity index is 867. The summed E-state index contributed by atoms with van der Waals surface area (Å²) in [5, 5.41) is 4.58. The van der Waals surface area contributed by atoms with Gasteiger partial charge in [0.25, 0.3) is 0 Å². The summed E-state index contributed by atoms with van der Waals surface area (Å²) in [6, 6.07) is 2.27. The van der Waals surface area contributed by atoms with Gasteiger partial charge in [0.05, 0.1) is 13.2 Å². The maximum absolute atomic E-state index is 15.0. The van der Waals surface area contributed by atoms with Crippen LogP contribution in [-0.2, 0) is 0 Å². The van der Waals surface area contributed by atoms with E-state index in [0.717, 1.165) is 50.9 Å². The quantitative estimate of drug-likeness (QED) is 0.728. The minimum atomic E-state index is -0.785. The van der Waals surface area contributed by atoms with Crippen LogP contribution in [0.4, 0.5) is 14.5 Å². The molecule has 0 saturated carbocycles. The first-order valence-electron chi connectivity index (χ1n) is 8.83. The third-order valence-corrected chi connectivity index (χ3v) is 5.15. The molecule has 0 aromatic heterocycles. The van der Waals surface area contributed by atoms with Crippen LogP contribution in [0.1, 0.15) is 25.7 Å². The summed E-state index contributed by atoms with van der Waals surface area (Å²) in [6.07, 6.45) is 7.08. The van der Waals surface area contributed by atoms with E-state index >= 15 is 8.78 Å². The number of ether oxygens (including phenoxy) is 1. The number of allylic oxidation sites excluding steroid dienone is 1. The zero-order valence-electron chi connectivity index (χ0n) is 14.8. The smallest absolute Gasteiger partial charge is 0.371 e. The van der Waals surface area contributed by atoms with Crippen LogP contribution in [0.15, 0.2) is 39.1 Å². The van der Waals surface area contributed by atoms with Crippen molar-refractivity contribution in [3.63, 3.8) is 0 Å². The lowest BCUT2D eigenvalue weighted by Crippen LogP contribution is -2.54. The van der Waals surface area contributed by atoms with Gasteiger partial charge in [0.2, 0.25) is 11.5 Å². The third-order valence-electron chi connectivity index (χ3n) is 4.95. The second-order valence-corrected chi connectivity index (χ2v) is 6.96. The molecule has 0 aliphatic carbocycles. The van der Waals surface area contributed by atoms with E-state index in [0.29, 0.717) is 5.82 Å². The van der Waals surface area contributed by atoms with Crippen molar-refractivity contribution in [2.24, 2.45) is 15.1 Å². The Labute approximate surface area is 160 Å². The zero-order valence-corrected chi connectivity index (χ0v) is 15.6. The fourth-order valence-corrected chi connectivity index (χ4v) is 3.89. The van der Waals surface area contributed by atoms with Crippen LogP contribution in [-0.4, -0.2) is 42.6 Å². The molecular weight excluding hydrogens is 376 g/mol. The van der Waals surface area contributed by atoms with Gasteiger partial charge < -0.3 is 9.64 Å². The maximum atomic E-state index is 15.0. The van der Waals surface area contributed by atoms with Crippen LogP contribution in [0.25, 0.3) is 0 Å². The first kappa shape index (κ1) is 18.1. The molecule has 0 radical (unpaired) electrons. The Morgan fingerprint density at radius 3 is 2.41 bits per heavy atom. The van der Waals surface area contributed by atoms with E-state index in [1.54, 1.807) is 6.08 Å². The van der Waals surface area contributed by atoms with E-state index in [4.69, 9.17) is 16.3 Å². The van der Waals surface area contributed by atoms with E-state index in [-0.39, 0.29) is 22.6 Å². The molecule has 1 aromatic carbocycles. The van der Waals surface area contributed by atoms with Crippen LogP contribution in [0.2, 0.25) is 0 Å². The highest BCUT2D eigenvalue weighted by Gasteiger charge is 2.54. The van der Waals surface area contributed by atoms with Crippen LogP contribution in [0.3, 0.4) is 0 Å². The van der Waals surface area contributed by atoms with Gasteiger partial charge in [-0.2, -0.15) is 18.8 Å². The Morgan fingerprint density at radius 1 is 1.11 bits per heavy atom. The molecular formula is C18H19ClF2N5O+. The summed E-state index contributed by atoms with van der Waals surface area (Å²) in [5.41, 5.74) is -0.272. The number of rotatable bonds is 3. The second kappa shape index (κ2) is 7.01. The van der Waals surface area contributed by atoms with Gasteiger partial charge in [-0.25, -0.2) is 0 Å². The minimum Gasteiger partial charge on any atom is -0.497 e. The van der Waals surface area contributed by atoms with Crippen molar-refractivity contribution in [2.45, 2.75) is 25.7 Å². The topological polar surface area (TPSA) is 49.6 Å². The molecule has 1 atom stereocenters. The molecule has 0 spiro atoms. The number of guanidine groups is 1. The van der Waals surface area contributed by atoms with Gasteiger partial charge in [-0.15, -0.1) is 0 Å². The molecule has 0 bridgehead atoms. The van der Waals surface area contributed by atoms with Gasteiger partial charge in [-0.3, -0.25) is 0 Å². The average Bonchev–Trinajstić information content (AvgIpc) is 2.88. The molecule has 3 aliphatic rings. The van der Waals surface area contributed by atoms with Crippen molar-refractivity contribution in [3.8, 4) is 5.75 Å². The summed E-state index contributed by atoms with van der Waals surface area (Å²) < 4.78 is 34.5. The molecule has 0 N–H and O–H groups in total. The summed E-state index contributed by atoms with van der Waals surface area (Å²) in [7, 11) is 1.36. The molecule has 3 aliphatic heterocycles. The highest BCUT2D eigenvalue weighted by Crippen LogP contribution is 2.42. The predicted molar refractivity (Wildman–Crippen MR) is 102 cm³/mol. The molecule has 1 aromatic rings. The normalized spacial score (nSPS) is 24.7. The summed E-state index contributed by atoms with van der Waals surface area (Å²) in [6.45, 7) is 1.50.